The minimum atomic E-state index is -1.42. The lowest BCUT2D eigenvalue weighted by molar-refractivity contribution is -0.134. The Morgan fingerprint density at radius 2 is 1.90 bits per heavy atom. The highest BCUT2D eigenvalue weighted by Gasteiger charge is 2.16. The minimum Gasteiger partial charge on any atom is -0.476 e. The first-order valence-corrected chi connectivity index (χ1v) is 3.32. The molecule has 1 aliphatic carbocycles. The van der Waals surface area contributed by atoms with Crippen molar-refractivity contribution < 1.29 is 14.3 Å². The normalized spacial score (nSPS) is 17.5. The van der Waals surface area contributed by atoms with Gasteiger partial charge in [0.1, 0.15) is 0 Å². The predicted octanol–water partition coefficient (Wildman–Crippen LogP) is 1.87. The second-order valence-corrected chi connectivity index (χ2v) is 2.43. The predicted molar refractivity (Wildman–Crippen MR) is 34.2 cm³/mol. The molecule has 0 atom stereocenters. The molecule has 0 amide bonds. The molecule has 1 aliphatic rings. The molecular weight excluding hydrogens is 135 g/mol. The Kier molecular flexibility index (Phi) is 2.04. The first-order valence-electron chi connectivity index (χ1n) is 3.32. The number of carboxylic acids is 1. The fourth-order valence-electron chi connectivity index (χ4n) is 1.17. The van der Waals surface area contributed by atoms with E-state index in [0.29, 0.717) is 18.4 Å². The fourth-order valence-corrected chi connectivity index (χ4v) is 1.17. The number of carbonyl (C=O) groups is 1. The van der Waals surface area contributed by atoms with E-state index in [-0.39, 0.29) is 0 Å². The van der Waals surface area contributed by atoms with E-state index in [4.69, 9.17) is 5.11 Å². The highest BCUT2D eigenvalue weighted by molar-refractivity contribution is 5.84. The van der Waals surface area contributed by atoms with Crippen molar-refractivity contribution in [2.75, 3.05) is 0 Å². The van der Waals surface area contributed by atoms with Crippen molar-refractivity contribution in [2.24, 2.45) is 0 Å². The van der Waals surface area contributed by atoms with Crippen LogP contribution in [0.4, 0.5) is 4.39 Å². The maximum atomic E-state index is 12.5. The summed E-state index contributed by atoms with van der Waals surface area (Å²) in [5, 5.41) is 8.21. The van der Waals surface area contributed by atoms with Gasteiger partial charge in [0.2, 0.25) is 5.83 Å². The second-order valence-electron chi connectivity index (χ2n) is 2.43. The third-order valence-corrected chi connectivity index (χ3v) is 1.71. The van der Waals surface area contributed by atoms with Gasteiger partial charge < -0.3 is 5.11 Å². The van der Waals surface area contributed by atoms with Crippen molar-refractivity contribution in [2.45, 2.75) is 25.7 Å². The van der Waals surface area contributed by atoms with Crippen LogP contribution in [0.1, 0.15) is 25.7 Å². The van der Waals surface area contributed by atoms with Gasteiger partial charge in [0, 0.05) is 0 Å². The average Bonchev–Trinajstić information content (AvgIpc) is 2.36. The van der Waals surface area contributed by atoms with Crippen LogP contribution in [0.5, 0.6) is 0 Å². The van der Waals surface area contributed by atoms with Crippen LogP contribution in [0, 0.1) is 0 Å². The van der Waals surface area contributed by atoms with Gasteiger partial charge in [-0.2, -0.15) is 4.39 Å². The van der Waals surface area contributed by atoms with Gasteiger partial charge in [-0.3, -0.25) is 0 Å². The zero-order chi connectivity index (χ0) is 7.56. The van der Waals surface area contributed by atoms with E-state index in [9.17, 15) is 9.18 Å². The van der Waals surface area contributed by atoms with Crippen molar-refractivity contribution in [3.63, 3.8) is 0 Å². The molecule has 1 fully saturated rings. The highest BCUT2D eigenvalue weighted by atomic mass is 19.1. The van der Waals surface area contributed by atoms with E-state index in [0.717, 1.165) is 12.8 Å². The van der Waals surface area contributed by atoms with Crippen LogP contribution in [0.15, 0.2) is 11.4 Å². The van der Waals surface area contributed by atoms with Gasteiger partial charge in [-0.15, -0.1) is 0 Å². The van der Waals surface area contributed by atoms with E-state index < -0.39 is 11.8 Å². The van der Waals surface area contributed by atoms with Crippen LogP contribution in [0.25, 0.3) is 0 Å². The Balaban J connectivity index is 2.73. The SMILES string of the molecule is O=C(O)C(F)=C1CCCC1. The monoisotopic (exact) mass is 144 g/mol. The molecule has 0 aromatic carbocycles. The van der Waals surface area contributed by atoms with Gasteiger partial charge in [0.25, 0.3) is 0 Å². The molecule has 0 heterocycles. The first-order chi connectivity index (χ1) is 4.72. The molecule has 0 unspecified atom stereocenters. The number of halogens is 1. The lowest BCUT2D eigenvalue weighted by atomic mass is 10.2. The Morgan fingerprint density at radius 3 is 2.30 bits per heavy atom. The number of aliphatic carboxylic acids is 1. The molecule has 0 saturated heterocycles. The third-order valence-electron chi connectivity index (χ3n) is 1.71. The summed E-state index contributed by atoms with van der Waals surface area (Å²) < 4.78 is 12.5. The number of hydrogen-bond acceptors (Lipinski definition) is 1. The maximum Gasteiger partial charge on any atom is 0.364 e. The molecule has 56 valence electrons. The van der Waals surface area contributed by atoms with Gasteiger partial charge in [-0.25, -0.2) is 4.79 Å². The van der Waals surface area contributed by atoms with Crippen LogP contribution in [0.3, 0.4) is 0 Å². The van der Waals surface area contributed by atoms with Crippen LogP contribution in [0.2, 0.25) is 0 Å². The first kappa shape index (κ1) is 7.25. The molecule has 0 spiro atoms. The summed E-state index contributed by atoms with van der Waals surface area (Å²) in [6, 6.07) is 0. The molecule has 0 radical (unpaired) electrons. The summed E-state index contributed by atoms with van der Waals surface area (Å²) in [4.78, 5) is 10.1. The molecule has 0 aliphatic heterocycles. The number of rotatable bonds is 1. The standard InChI is InChI=1S/C7H9FO2/c8-6(7(9)10)5-3-1-2-4-5/h1-4H2,(H,9,10). The number of hydrogen-bond donors (Lipinski definition) is 1. The highest BCUT2D eigenvalue weighted by Crippen LogP contribution is 2.27. The Bertz CT molecular complexity index is 176. The summed E-state index contributed by atoms with van der Waals surface area (Å²) >= 11 is 0. The van der Waals surface area contributed by atoms with Crippen LogP contribution in [-0.2, 0) is 4.79 Å². The molecule has 3 heteroatoms. The largest absolute Gasteiger partial charge is 0.476 e. The zero-order valence-corrected chi connectivity index (χ0v) is 5.56. The lowest BCUT2D eigenvalue weighted by Crippen LogP contribution is -1.97. The molecule has 0 bridgehead atoms. The van der Waals surface area contributed by atoms with Gasteiger partial charge in [0.05, 0.1) is 0 Å². The van der Waals surface area contributed by atoms with Crippen LogP contribution < -0.4 is 0 Å². The molecule has 1 rings (SSSR count). The zero-order valence-electron chi connectivity index (χ0n) is 5.56. The Morgan fingerprint density at radius 1 is 1.40 bits per heavy atom. The summed E-state index contributed by atoms with van der Waals surface area (Å²) in [6.45, 7) is 0. The van der Waals surface area contributed by atoms with Gasteiger partial charge >= 0.3 is 5.97 Å². The summed E-state index contributed by atoms with van der Waals surface area (Å²) in [5.74, 6) is -2.35. The fraction of sp³-hybridized carbons (Fsp3) is 0.571. The van der Waals surface area contributed by atoms with Crippen molar-refractivity contribution in [1.82, 2.24) is 0 Å². The van der Waals surface area contributed by atoms with E-state index in [2.05, 4.69) is 0 Å². The molecule has 0 aromatic heterocycles. The molecule has 2 nitrogen and oxygen atoms in total. The Labute approximate surface area is 58.4 Å². The second kappa shape index (κ2) is 2.82. The number of allylic oxidation sites excluding steroid dienone is 1. The molecule has 0 aromatic rings. The topological polar surface area (TPSA) is 37.3 Å². The van der Waals surface area contributed by atoms with Crippen molar-refractivity contribution in [3.05, 3.63) is 11.4 Å². The van der Waals surface area contributed by atoms with Crippen molar-refractivity contribution in [3.8, 4) is 0 Å². The molecule has 1 N–H and O–H groups in total. The lowest BCUT2D eigenvalue weighted by Gasteiger charge is -1.93. The summed E-state index contributed by atoms with van der Waals surface area (Å²) in [5.41, 5.74) is 0.479. The van der Waals surface area contributed by atoms with Gasteiger partial charge in [-0.05, 0) is 31.3 Å². The van der Waals surface area contributed by atoms with E-state index >= 15 is 0 Å². The Hall–Kier alpha value is -0.860. The van der Waals surface area contributed by atoms with Crippen LogP contribution >= 0.6 is 0 Å². The van der Waals surface area contributed by atoms with Crippen molar-refractivity contribution >= 4 is 5.97 Å². The van der Waals surface area contributed by atoms with E-state index in [1.54, 1.807) is 0 Å². The van der Waals surface area contributed by atoms with Gasteiger partial charge in [-0.1, -0.05) is 0 Å². The minimum absolute atomic E-state index is 0.479. The maximum absolute atomic E-state index is 12.5. The van der Waals surface area contributed by atoms with Crippen LogP contribution in [-0.4, -0.2) is 11.1 Å². The average molecular weight is 144 g/mol. The quantitative estimate of drug-likeness (QED) is 0.570. The number of carboxylic acid groups (broad SMARTS) is 1. The molecular formula is C7H9FO2. The summed E-state index contributed by atoms with van der Waals surface area (Å²) in [7, 11) is 0. The van der Waals surface area contributed by atoms with Crippen molar-refractivity contribution in [1.29, 1.82) is 0 Å². The third kappa shape index (κ3) is 1.35. The molecule has 10 heavy (non-hydrogen) atoms. The van der Waals surface area contributed by atoms with E-state index in [1.165, 1.54) is 0 Å². The van der Waals surface area contributed by atoms with Gasteiger partial charge in [0.15, 0.2) is 0 Å². The smallest absolute Gasteiger partial charge is 0.364 e. The summed E-state index contributed by atoms with van der Waals surface area (Å²) in [6.07, 6.45) is 3.10. The molecule has 1 saturated carbocycles. The van der Waals surface area contributed by atoms with E-state index in [1.807, 2.05) is 0 Å².